The zero-order valence-corrected chi connectivity index (χ0v) is 18.8. The monoisotopic (exact) mass is 437 g/mol. The Balaban J connectivity index is 1.59. The number of thioether (sulfide) groups is 1. The number of aryl methyl sites for hydroxylation is 1. The summed E-state index contributed by atoms with van der Waals surface area (Å²) in [5.74, 6) is 0.449. The molecule has 0 N–H and O–H groups in total. The number of rotatable bonds is 8. The average molecular weight is 438 g/mol. The Kier molecular flexibility index (Phi) is 6.32. The van der Waals surface area contributed by atoms with Crippen LogP contribution in [-0.4, -0.2) is 39.8 Å². The number of nitrogens with zero attached hydrogens (tertiary/aromatic N) is 3. The highest BCUT2D eigenvalue weighted by Crippen LogP contribution is 2.38. The molecule has 0 aliphatic heterocycles. The molecule has 3 aromatic heterocycles. The Morgan fingerprint density at radius 3 is 2.77 bits per heavy atom. The van der Waals surface area contributed by atoms with Crippen molar-refractivity contribution in [2.45, 2.75) is 25.4 Å². The predicted octanol–water partition coefficient (Wildman–Crippen LogP) is 5.40. The lowest BCUT2D eigenvalue weighted by atomic mass is 10.1. The molecule has 0 saturated heterocycles. The summed E-state index contributed by atoms with van der Waals surface area (Å²) in [4.78, 5) is 22.9. The minimum atomic E-state index is 0.111. The van der Waals surface area contributed by atoms with Gasteiger partial charge in [-0.2, -0.15) is 0 Å². The van der Waals surface area contributed by atoms with E-state index in [1.54, 1.807) is 24.8 Å². The number of hydrogen-bond acceptors (Lipinski definition) is 6. The highest BCUT2D eigenvalue weighted by Gasteiger charge is 2.18. The number of ether oxygens (including phenoxy) is 1. The van der Waals surface area contributed by atoms with Gasteiger partial charge in [-0.1, -0.05) is 42.1 Å². The van der Waals surface area contributed by atoms with Crippen LogP contribution in [-0.2, 0) is 11.3 Å². The van der Waals surface area contributed by atoms with Crippen molar-refractivity contribution >= 4 is 39.1 Å². The number of methoxy groups -OCH3 is 1. The van der Waals surface area contributed by atoms with Gasteiger partial charge in [-0.15, -0.1) is 11.3 Å². The molecule has 4 rings (SSSR count). The maximum absolute atomic E-state index is 13.0. The molecule has 0 atom stereocenters. The fourth-order valence-corrected chi connectivity index (χ4v) is 5.49. The second-order valence-corrected chi connectivity index (χ2v) is 8.84. The first-order valence-electron chi connectivity index (χ1n) is 9.69. The number of carbonyl (C=O) groups excluding carboxylic acids is 1. The van der Waals surface area contributed by atoms with E-state index in [2.05, 4.69) is 32.0 Å². The third-order valence-corrected chi connectivity index (χ3v) is 7.03. The van der Waals surface area contributed by atoms with Gasteiger partial charge in [0.15, 0.2) is 5.78 Å². The fourth-order valence-electron chi connectivity index (χ4n) is 3.61. The number of benzene rings is 1. The van der Waals surface area contributed by atoms with Crippen LogP contribution in [0.1, 0.15) is 21.7 Å². The van der Waals surface area contributed by atoms with Crippen LogP contribution in [0.3, 0.4) is 0 Å². The smallest absolute Gasteiger partial charge is 0.174 e. The molecule has 0 amide bonds. The molecule has 0 aliphatic carbocycles. The van der Waals surface area contributed by atoms with E-state index in [9.17, 15) is 4.79 Å². The Hall–Kier alpha value is -2.48. The van der Waals surface area contributed by atoms with Crippen LogP contribution in [0.2, 0.25) is 0 Å². The number of thiophene rings is 1. The topological polar surface area (TPSA) is 57.0 Å². The van der Waals surface area contributed by atoms with E-state index >= 15 is 0 Å². The van der Waals surface area contributed by atoms with E-state index in [4.69, 9.17) is 4.74 Å². The molecule has 5 nitrogen and oxygen atoms in total. The summed E-state index contributed by atoms with van der Waals surface area (Å²) in [7, 11) is 1.69. The summed E-state index contributed by atoms with van der Waals surface area (Å²) >= 11 is 3.08. The van der Waals surface area contributed by atoms with Gasteiger partial charge in [0.05, 0.1) is 17.7 Å². The van der Waals surface area contributed by atoms with Crippen LogP contribution in [0.25, 0.3) is 21.3 Å². The SMILES string of the molecule is COCCn1c(C)cc(C(=O)CSc2ncnc3scc(-c4ccccc4)c23)c1C. The summed E-state index contributed by atoms with van der Waals surface area (Å²) in [5.41, 5.74) is 5.09. The molecule has 0 unspecified atom stereocenters. The molecule has 1 aromatic carbocycles. The van der Waals surface area contributed by atoms with Crippen molar-refractivity contribution in [3.63, 3.8) is 0 Å². The van der Waals surface area contributed by atoms with Crippen LogP contribution >= 0.6 is 23.1 Å². The molecule has 0 aliphatic rings. The number of carbonyl (C=O) groups is 1. The summed E-state index contributed by atoms with van der Waals surface area (Å²) in [6.07, 6.45) is 1.58. The molecule has 154 valence electrons. The zero-order valence-electron chi connectivity index (χ0n) is 17.2. The first kappa shape index (κ1) is 20.8. The zero-order chi connectivity index (χ0) is 21.1. The molecule has 0 fully saturated rings. The standard InChI is InChI=1S/C23H23N3O2S2/c1-15-11-18(16(2)26(15)9-10-28-3)20(27)13-30-23-21-19(17-7-5-4-6-8-17)12-29-22(21)24-14-25-23/h4-8,11-12,14H,9-10,13H2,1-3H3. The normalized spacial score (nSPS) is 11.3. The Bertz CT molecular complexity index is 1180. The molecular weight excluding hydrogens is 414 g/mol. The summed E-state index contributed by atoms with van der Waals surface area (Å²) in [6, 6.07) is 12.2. The predicted molar refractivity (Wildman–Crippen MR) is 124 cm³/mol. The van der Waals surface area contributed by atoms with Crippen molar-refractivity contribution in [1.82, 2.24) is 14.5 Å². The van der Waals surface area contributed by atoms with Crippen molar-refractivity contribution < 1.29 is 9.53 Å². The maximum Gasteiger partial charge on any atom is 0.174 e. The minimum Gasteiger partial charge on any atom is -0.383 e. The number of hydrogen-bond donors (Lipinski definition) is 0. The van der Waals surface area contributed by atoms with E-state index < -0.39 is 0 Å². The quantitative estimate of drug-likeness (QED) is 0.210. The third-order valence-electron chi connectivity index (χ3n) is 5.15. The summed E-state index contributed by atoms with van der Waals surface area (Å²) in [6.45, 7) is 5.39. The molecule has 0 spiro atoms. The lowest BCUT2D eigenvalue weighted by molar-refractivity contribution is 0.102. The number of ketones is 1. The summed E-state index contributed by atoms with van der Waals surface area (Å²) < 4.78 is 7.32. The Morgan fingerprint density at radius 2 is 2.00 bits per heavy atom. The van der Waals surface area contributed by atoms with E-state index in [1.165, 1.54) is 11.8 Å². The van der Waals surface area contributed by atoms with Crippen molar-refractivity contribution in [2.75, 3.05) is 19.5 Å². The second-order valence-electron chi connectivity index (χ2n) is 7.02. The second kappa shape index (κ2) is 9.12. The van der Waals surface area contributed by atoms with Gasteiger partial charge < -0.3 is 9.30 Å². The summed E-state index contributed by atoms with van der Waals surface area (Å²) in [5, 5.41) is 3.99. The van der Waals surface area contributed by atoms with Crippen molar-refractivity contribution in [1.29, 1.82) is 0 Å². The number of Topliss-reactive ketones (excluding diaryl/α,β-unsaturated/α-hetero) is 1. The van der Waals surface area contributed by atoms with Gasteiger partial charge in [-0.25, -0.2) is 9.97 Å². The fraction of sp³-hybridized carbons (Fsp3) is 0.261. The van der Waals surface area contributed by atoms with Gasteiger partial charge in [0.25, 0.3) is 0 Å². The van der Waals surface area contributed by atoms with Gasteiger partial charge in [0, 0.05) is 41.5 Å². The van der Waals surface area contributed by atoms with Crippen LogP contribution in [0.4, 0.5) is 0 Å². The van der Waals surface area contributed by atoms with Crippen molar-refractivity contribution in [3.8, 4) is 11.1 Å². The molecule has 0 bridgehead atoms. The molecule has 30 heavy (non-hydrogen) atoms. The maximum atomic E-state index is 13.0. The van der Waals surface area contributed by atoms with Crippen LogP contribution in [0.15, 0.2) is 53.1 Å². The molecule has 3 heterocycles. The van der Waals surface area contributed by atoms with Gasteiger partial charge >= 0.3 is 0 Å². The number of aromatic nitrogens is 3. The first-order chi connectivity index (χ1) is 14.6. The number of fused-ring (bicyclic) bond motifs is 1. The van der Waals surface area contributed by atoms with Crippen molar-refractivity contribution in [2.24, 2.45) is 0 Å². The largest absolute Gasteiger partial charge is 0.383 e. The lowest BCUT2D eigenvalue weighted by Gasteiger charge is -2.09. The Morgan fingerprint density at radius 1 is 1.20 bits per heavy atom. The van der Waals surface area contributed by atoms with E-state index in [0.717, 1.165) is 49.9 Å². The Labute approximate surface area is 184 Å². The van der Waals surface area contributed by atoms with E-state index in [1.807, 2.05) is 38.1 Å². The average Bonchev–Trinajstić information content (AvgIpc) is 3.32. The van der Waals surface area contributed by atoms with Gasteiger partial charge in [-0.05, 0) is 25.5 Å². The van der Waals surface area contributed by atoms with E-state index in [-0.39, 0.29) is 5.78 Å². The molecule has 7 heteroatoms. The lowest BCUT2D eigenvalue weighted by Crippen LogP contribution is -2.09. The van der Waals surface area contributed by atoms with Gasteiger partial charge in [0.1, 0.15) is 16.2 Å². The highest BCUT2D eigenvalue weighted by atomic mass is 32.2. The van der Waals surface area contributed by atoms with Crippen LogP contribution in [0.5, 0.6) is 0 Å². The molecule has 0 saturated carbocycles. The third kappa shape index (κ3) is 4.05. The van der Waals surface area contributed by atoms with Gasteiger partial charge in [-0.3, -0.25) is 4.79 Å². The molecule has 0 radical (unpaired) electrons. The van der Waals surface area contributed by atoms with Gasteiger partial charge in [0.2, 0.25) is 0 Å². The van der Waals surface area contributed by atoms with Crippen LogP contribution in [0, 0.1) is 13.8 Å². The first-order valence-corrected chi connectivity index (χ1v) is 11.6. The van der Waals surface area contributed by atoms with Crippen LogP contribution < -0.4 is 0 Å². The minimum absolute atomic E-state index is 0.111. The van der Waals surface area contributed by atoms with E-state index in [0.29, 0.717) is 12.4 Å². The molecule has 4 aromatic rings. The molecular formula is C23H23N3O2S2. The van der Waals surface area contributed by atoms with Crippen molar-refractivity contribution in [3.05, 3.63) is 65.1 Å². The highest BCUT2D eigenvalue weighted by molar-refractivity contribution is 8.00.